The van der Waals surface area contributed by atoms with Crippen LogP contribution in [0.1, 0.15) is 50.9 Å². The first-order valence-electron chi connectivity index (χ1n) is 12.6. The Balaban J connectivity index is 0.000000223. The van der Waals surface area contributed by atoms with Crippen molar-refractivity contribution in [1.82, 2.24) is 4.98 Å². The van der Waals surface area contributed by atoms with Gasteiger partial charge in [0.15, 0.2) is 6.10 Å². The molecule has 10 heteroatoms. The summed E-state index contributed by atoms with van der Waals surface area (Å²) in [5.74, 6) is -5.06. The minimum atomic E-state index is -2.33. The second-order valence-electron chi connectivity index (χ2n) is 9.22. The van der Waals surface area contributed by atoms with Crippen LogP contribution in [0.4, 0.5) is 0 Å². The molecule has 0 radical (unpaired) electrons. The first kappa shape index (κ1) is 27.5. The van der Waals surface area contributed by atoms with Crippen molar-refractivity contribution in [3.8, 4) is 0 Å². The smallest absolute Gasteiger partial charge is 0.349 e. The molecular weight excluding hydrogens is 504 g/mol. The molecule has 3 N–H and O–H groups in total. The van der Waals surface area contributed by atoms with Crippen LogP contribution in [0.25, 0.3) is 0 Å². The van der Waals surface area contributed by atoms with Gasteiger partial charge in [-0.1, -0.05) is 36.4 Å². The number of nitrogens with two attached hydrogens (primary N) is 1. The van der Waals surface area contributed by atoms with Crippen molar-refractivity contribution in [2.75, 3.05) is 6.54 Å². The first-order chi connectivity index (χ1) is 18.8. The number of esters is 2. The molecule has 3 aromatic rings. The number of nitrogens with zero attached hydrogens (tertiary/aromatic N) is 1. The summed E-state index contributed by atoms with van der Waals surface area (Å²) in [4.78, 5) is 51.1. The maximum Gasteiger partial charge on any atom is 0.349 e. The molecule has 1 saturated heterocycles. The molecule has 0 saturated carbocycles. The highest BCUT2D eigenvalue weighted by atomic mass is 16.6. The number of carboxylic acid groups (broad SMARTS) is 2. The molecule has 0 amide bonds. The standard InChI is InChI=1S/C18H14O8.C11H14N2/c19-15(20)13(25-17(23)11-7-3-1-4-8-11)14(16(21)22)26-18(24)12-9-5-2-6-10-12;1-2-9-10(12-6-1)4-3-8-5-7-13-11(8)9/h1-10,13-14H,(H,19,20)(H,21,22);1-2,6,8,11,13H,3-5,7H2/t13-,14-;/m1./s1. The van der Waals surface area contributed by atoms with Crippen LogP contribution in [0.5, 0.6) is 0 Å². The molecule has 1 fully saturated rings. The van der Waals surface area contributed by atoms with Crippen LogP contribution < -0.4 is 10.4 Å². The number of aromatic nitrogens is 1. The predicted molar refractivity (Wildman–Crippen MR) is 134 cm³/mol. The van der Waals surface area contributed by atoms with E-state index in [1.165, 1.54) is 85.6 Å². The summed E-state index contributed by atoms with van der Waals surface area (Å²) in [6.45, 7) is 1.31. The lowest BCUT2D eigenvalue weighted by Gasteiger charge is -2.24. The van der Waals surface area contributed by atoms with Crippen LogP contribution >= 0.6 is 0 Å². The fourth-order valence-corrected chi connectivity index (χ4v) is 4.84. The number of ether oxygens (including phenoxy) is 2. The lowest BCUT2D eigenvalue weighted by atomic mass is 9.83. The lowest BCUT2D eigenvalue weighted by Crippen LogP contribution is -2.82. The van der Waals surface area contributed by atoms with Gasteiger partial charge in [-0.2, -0.15) is 0 Å². The Labute approximate surface area is 224 Å². The predicted octanol–water partition coefficient (Wildman–Crippen LogP) is 0.924. The number of benzene rings is 2. The molecule has 202 valence electrons. The quantitative estimate of drug-likeness (QED) is 0.422. The molecule has 2 aliphatic rings. The van der Waals surface area contributed by atoms with Crippen LogP contribution in [0.2, 0.25) is 0 Å². The van der Waals surface area contributed by atoms with Gasteiger partial charge in [-0.3, -0.25) is 4.98 Å². The summed E-state index contributed by atoms with van der Waals surface area (Å²) in [5, 5.41) is 23.0. The van der Waals surface area contributed by atoms with E-state index in [0.717, 1.165) is 12.0 Å². The van der Waals surface area contributed by atoms with Gasteiger partial charge in [0.2, 0.25) is 6.10 Å². The minimum absolute atomic E-state index is 0.00252. The van der Waals surface area contributed by atoms with Crippen LogP contribution in [0.15, 0.2) is 79.0 Å². The molecule has 2 heterocycles. The average molecular weight is 533 g/mol. The maximum atomic E-state index is 12.0. The molecule has 1 aromatic heterocycles. The maximum absolute atomic E-state index is 12.0. The second-order valence-corrected chi connectivity index (χ2v) is 9.22. The highest BCUT2D eigenvalue weighted by molar-refractivity contribution is 5.95. The molecule has 39 heavy (non-hydrogen) atoms. The van der Waals surface area contributed by atoms with Crippen molar-refractivity contribution in [2.24, 2.45) is 5.92 Å². The van der Waals surface area contributed by atoms with Gasteiger partial charge in [0.25, 0.3) is 0 Å². The number of fused-ring (bicyclic) bond motifs is 3. The number of quaternary nitrogens is 1. The number of hydrogen-bond donors (Lipinski definition) is 2. The Bertz CT molecular complexity index is 1250. The zero-order chi connectivity index (χ0) is 27.8. The molecule has 4 atom stereocenters. The van der Waals surface area contributed by atoms with E-state index in [2.05, 4.69) is 22.4 Å². The van der Waals surface area contributed by atoms with Crippen LogP contribution in [-0.2, 0) is 25.5 Å². The SMILES string of the molecule is O=C(O[C@@H](C(=O)[O-])[C@@H](OC(=O)c1ccccc1)C(=O)O)c1ccccc1.c1cnc2c(c1)C1[NH2+]CCC1CC2. The van der Waals surface area contributed by atoms with Gasteiger partial charge < -0.3 is 29.8 Å². The highest BCUT2D eigenvalue weighted by Gasteiger charge is 2.38. The summed E-state index contributed by atoms with van der Waals surface area (Å²) in [6.07, 6.45) is 1.27. The van der Waals surface area contributed by atoms with E-state index in [1.54, 1.807) is 12.1 Å². The first-order valence-corrected chi connectivity index (χ1v) is 12.6. The topological polar surface area (TPSA) is 160 Å². The number of aryl methyl sites for hydroxylation is 1. The van der Waals surface area contributed by atoms with E-state index in [-0.39, 0.29) is 11.1 Å². The summed E-state index contributed by atoms with van der Waals surface area (Å²) in [5.41, 5.74) is 2.86. The number of carbonyl (C=O) groups is 4. The Hall–Kier alpha value is -4.57. The summed E-state index contributed by atoms with van der Waals surface area (Å²) < 4.78 is 9.42. The van der Waals surface area contributed by atoms with E-state index in [4.69, 9.17) is 9.47 Å². The second kappa shape index (κ2) is 12.8. The fraction of sp³-hybridized carbons (Fsp3) is 0.276. The Kier molecular flexibility index (Phi) is 9.01. The molecule has 0 spiro atoms. The van der Waals surface area contributed by atoms with Crippen LogP contribution in [-0.4, -0.2) is 52.7 Å². The number of hydrogen-bond acceptors (Lipinski definition) is 8. The number of pyridine rings is 1. The van der Waals surface area contributed by atoms with Gasteiger partial charge in [0.1, 0.15) is 6.04 Å². The minimum Gasteiger partial charge on any atom is -0.546 e. The Morgan fingerprint density at radius 1 is 0.846 bits per heavy atom. The van der Waals surface area contributed by atoms with Gasteiger partial charge in [-0.25, -0.2) is 14.4 Å². The number of carboxylic acids is 2. The molecule has 2 aromatic carbocycles. The third-order valence-corrected chi connectivity index (χ3v) is 6.74. The van der Waals surface area contributed by atoms with Crippen LogP contribution in [0, 0.1) is 5.92 Å². The third-order valence-electron chi connectivity index (χ3n) is 6.74. The molecule has 5 rings (SSSR count). The summed E-state index contributed by atoms with van der Waals surface area (Å²) >= 11 is 0. The third kappa shape index (κ3) is 6.85. The van der Waals surface area contributed by atoms with Gasteiger partial charge in [0, 0.05) is 29.8 Å². The number of rotatable bonds is 7. The van der Waals surface area contributed by atoms with E-state index in [9.17, 15) is 29.4 Å². The van der Waals surface area contributed by atoms with Crippen molar-refractivity contribution in [2.45, 2.75) is 37.5 Å². The highest BCUT2D eigenvalue weighted by Crippen LogP contribution is 2.34. The van der Waals surface area contributed by atoms with Gasteiger partial charge in [-0.05, 0) is 49.2 Å². The van der Waals surface area contributed by atoms with Crippen molar-refractivity contribution in [3.63, 3.8) is 0 Å². The van der Waals surface area contributed by atoms with Crippen LogP contribution in [0.3, 0.4) is 0 Å². The molecule has 2 unspecified atom stereocenters. The summed E-state index contributed by atoms with van der Waals surface area (Å²) in [7, 11) is 0. The lowest BCUT2D eigenvalue weighted by molar-refractivity contribution is -0.680. The molecule has 1 aliphatic heterocycles. The largest absolute Gasteiger partial charge is 0.546 e. The number of carbonyl (C=O) groups excluding carboxylic acids is 3. The van der Waals surface area contributed by atoms with Crippen molar-refractivity contribution in [1.29, 1.82) is 0 Å². The monoisotopic (exact) mass is 532 g/mol. The van der Waals surface area contributed by atoms with Gasteiger partial charge in [0.05, 0.1) is 23.6 Å². The number of aliphatic carboxylic acids is 2. The Morgan fingerprint density at radius 3 is 2.00 bits per heavy atom. The summed E-state index contributed by atoms with van der Waals surface area (Å²) in [6, 6.07) is 19.8. The zero-order valence-corrected chi connectivity index (χ0v) is 21.0. The van der Waals surface area contributed by atoms with E-state index >= 15 is 0 Å². The molecular formula is C29H28N2O8. The van der Waals surface area contributed by atoms with Gasteiger partial charge >= 0.3 is 17.9 Å². The van der Waals surface area contributed by atoms with Crippen molar-refractivity contribution in [3.05, 3.63) is 101 Å². The van der Waals surface area contributed by atoms with Crippen molar-refractivity contribution < 1.29 is 44.2 Å². The van der Waals surface area contributed by atoms with Crippen molar-refractivity contribution >= 4 is 23.9 Å². The molecule has 1 aliphatic carbocycles. The van der Waals surface area contributed by atoms with Gasteiger partial charge in [-0.15, -0.1) is 0 Å². The van der Waals surface area contributed by atoms with E-state index < -0.39 is 36.1 Å². The van der Waals surface area contributed by atoms with E-state index in [1.807, 2.05) is 6.20 Å². The molecule has 0 bridgehead atoms. The average Bonchev–Trinajstić information content (AvgIpc) is 3.45. The fourth-order valence-electron chi connectivity index (χ4n) is 4.84. The van der Waals surface area contributed by atoms with E-state index in [0.29, 0.717) is 0 Å². The Morgan fingerprint density at radius 2 is 1.44 bits per heavy atom. The zero-order valence-electron chi connectivity index (χ0n) is 21.0. The normalized spacial score (nSPS) is 18.7. The molecule has 10 nitrogen and oxygen atoms in total.